The van der Waals surface area contributed by atoms with Gasteiger partial charge in [0.25, 0.3) is 0 Å². The van der Waals surface area contributed by atoms with E-state index in [1.54, 1.807) is 18.2 Å². The van der Waals surface area contributed by atoms with E-state index in [1.165, 1.54) is 6.07 Å². The van der Waals surface area contributed by atoms with Crippen molar-refractivity contribution in [3.05, 3.63) is 42.4 Å². The summed E-state index contributed by atoms with van der Waals surface area (Å²) < 4.78 is 18.7. The third-order valence-corrected chi connectivity index (χ3v) is 3.56. The lowest BCUT2D eigenvalue weighted by atomic mass is 9.95. The summed E-state index contributed by atoms with van der Waals surface area (Å²) in [5, 5.41) is 9.34. The van der Waals surface area contributed by atoms with Gasteiger partial charge in [0.2, 0.25) is 0 Å². The van der Waals surface area contributed by atoms with Crippen LogP contribution in [0.15, 0.2) is 36.6 Å². The number of aliphatic hydroxyl groups excluding tert-OH is 1. The van der Waals surface area contributed by atoms with Gasteiger partial charge < -0.3 is 9.84 Å². The predicted octanol–water partition coefficient (Wildman–Crippen LogP) is 2.99. The van der Waals surface area contributed by atoms with Crippen LogP contribution in [0.4, 0.5) is 4.39 Å². The van der Waals surface area contributed by atoms with Gasteiger partial charge in [0.05, 0.1) is 5.76 Å². The molecule has 1 aliphatic rings. The average Bonchev–Trinajstić information content (AvgIpc) is 2.41. The Kier molecular flexibility index (Phi) is 4.80. The Bertz CT molecular complexity index is 428. The molecule has 0 bridgehead atoms. The van der Waals surface area contributed by atoms with Crippen molar-refractivity contribution in [2.24, 2.45) is 5.92 Å². The molecule has 0 saturated carbocycles. The fraction of sp³-hybridized carbons (Fsp3) is 0.467. The molecule has 104 valence electrons. The molecule has 19 heavy (non-hydrogen) atoms. The molecule has 0 atom stereocenters. The monoisotopic (exact) mass is 265 g/mol. The summed E-state index contributed by atoms with van der Waals surface area (Å²) in [5.74, 6) is 0.505. The highest BCUT2D eigenvalue weighted by molar-refractivity contribution is 5.23. The van der Waals surface area contributed by atoms with Crippen LogP contribution >= 0.6 is 0 Å². The third-order valence-electron chi connectivity index (χ3n) is 3.56. The molecule has 0 aromatic heterocycles. The molecule has 1 aromatic rings. The first-order chi connectivity index (χ1) is 9.16. The van der Waals surface area contributed by atoms with Gasteiger partial charge in [-0.1, -0.05) is 18.7 Å². The van der Waals surface area contributed by atoms with Crippen LogP contribution < -0.4 is 4.74 Å². The Labute approximate surface area is 113 Å². The highest BCUT2D eigenvalue weighted by Gasteiger charge is 2.20. The summed E-state index contributed by atoms with van der Waals surface area (Å²) in [6, 6.07) is 6.44. The Morgan fingerprint density at radius 2 is 2.05 bits per heavy atom. The van der Waals surface area contributed by atoms with E-state index in [0.29, 0.717) is 18.1 Å². The van der Waals surface area contributed by atoms with Gasteiger partial charge in [0, 0.05) is 12.5 Å². The van der Waals surface area contributed by atoms with E-state index in [-0.39, 0.29) is 11.7 Å². The van der Waals surface area contributed by atoms with Crippen LogP contribution in [-0.4, -0.2) is 36.2 Å². The first-order valence-electron chi connectivity index (χ1n) is 6.64. The summed E-state index contributed by atoms with van der Waals surface area (Å²) >= 11 is 0. The number of benzene rings is 1. The maximum absolute atomic E-state index is 13.3. The summed E-state index contributed by atoms with van der Waals surface area (Å²) in [4.78, 5) is 2.26. The fourth-order valence-electron chi connectivity index (χ4n) is 2.34. The lowest BCUT2D eigenvalue weighted by Crippen LogP contribution is -2.36. The zero-order valence-electron chi connectivity index (χ0n) is 11.0. The molecule has 0 radical (unpaired) electrons. The zero-order valence-corrected chi connectivity index (χ0v) is 11.0. The number of halogens is 1. The molecular weight excluding hydrogens is 245 g/mol. The lowest BCUT2D eigenvalue weighted by Gasteiger charge is -2.31. The molecule has 1 N–H and O–H groups in total. The molecule has 1 fully saturated rings. The number of nitrogens with zero attached hydrogens (tertiary/aromatic N) is 1. The van der Waals surface area contributed by atoms with Crippen LogP contribution in [0.1, 0.15) is 12.8 Å². The minimum absolute atomic E-state index is 0.226. The van der Waals surface area contributed by atoms with E-state index < -0.39 is 0 Å². The van der Waals surface area contributed by atoms with E-state index in [2.05, 4.69) is 11.5 Å². The summed E-state index contributed by atoms with van der Waals surface area (Å²) in [7, 11) is 0. The van der Waals surface area contributed by atoms with Gasteiger partial charge in [-0.15, -0.1) is 0 Å². The molecule has 0 spiro atoms. The van der Waals surface area contributed by atoms with Crippen molar-refractivity contribution in [1.29, 1.82) is 0 Å². The van der Waals surface area contributed by atoms with Gasteiger partial charge in [0.1, 0.15) is 6.61 Å². The Balaban J connectivity index is 1.70. The highest BCUT2D eigenvalue weighted by Crippen LogP contribution is 2.22. The predicted molar refractivity (Wildman–Crippen MR) is 72.8 cm³/mol. The topological polar surface area (TPSA) is 32.7 Å². The number of hydrogen-bond acceptors (Lipinski definition) is 3. The molecule has 1 aromatic carbocycles. The molecule has 4 heteroatoms. The van der Waals surface area contributed by atoms with Crippen LogP contribution in [0.25, 0.3) is 0 Å². The molecule has 3 nitrogen and oxygen atoms in total. The van der Waals surface area contributed by atoms with Crippen molar-refractivity contribution < 1.29 is 14.2 Å². The maximum atomic E-state index is 13.3. The molecule has 1 heterocycles. The van der Waals surface area contributed by atoms with E-state index in [9.17, 15) is 9.50 Å². The third kappa shape index (κ3) is 3.96. The molecule has 1 aliphatic heterocycles. The van der Waals surface area contributed by atoms with Crippen LogP contribution in [-0.2, 0) is 0 Å². The van der Waals surface area contributed by atoms with Crippen molar-refractivity contribution in [3.63, 3.8) is 0 Å². The second kappa shape index (κ2) is 6.57. The number of likely N-dealkylation sites (tertiary alicyclic amines) is 1. The number of ether oxygens (including phenoxy) is 1. The van der Waals surface area contributed by atoms with Gasteiger partial charge in [-0.2, -0.15) is 0 Å². The molecule has 2 rings (SSSR count). The Morgan fingerprint density at radius 1 is 1.37 bits per heavy atom. The van der Waals surface area contributed by atoms with Crippen LogP contribution in [0, 0.1) is 11.7 Å². The van der Waals surface area contributed by atoms with E-state index in [4.69, 9.17) is 4.74 Å². The number of hydrogen-bond donors (Lipinski definition) is 1. The normalized spacial score (nSPS) is 17.3. The van der Waals surface area contributed by atoms with Gasteiger partial charge in [-0.05, 0) is 38.1 Å². The summed E-state index contributed by atoms with van der Waals surface area (Å²) in [6.45, 7) is 6.68. The molecular formula is C15H20FNO2. The second-order valence-electron chi connectivity index (χ2n) is 4.89. The maximum Gasteiger partial charge on any atom is 0.165 e. The quantitative estimate of drug-likeness (QED) is 0.831. The molecule has 1 saturated heterocycles. The lowest BCUT2D eigenvalue weighted by molar-refractivity contribution is 0.147. The van der Waals surface area contributed by atoms with Crippen molar-refractivity contribution >= 4 is 0 Å². The number of allylic oxidation sites excluding steroid dienone is 1. The fourth-order valence-corrected chi connectivity index (χ4v) is 2.34. The van der Waals surface area contributed by atoms with Crippen molar-refractivity contribution in [2.75, 3.05) is 26.2 Å². The first-order valence-corrected chi connectivity index (χ1v) is 6.64. The average molecular weight is 265 g/mol. The molecule has 0 amide bonds. The largest absolute Gasteiger partial charge is 0.513 e. The molecule has 0 unspecified atom stereocenters. The van der Waals surface area contributed by atoms with Crippen LogP contribution in [0.5, 0.6) is 5.75 Å². The second-order valence-corrected chi connectivity index (χ2v) is 4.89. The van der Waals surface area contributed by atoms with E-state index in [0.717, 1.165) is 32.5 Å². The van der Waals surface area contributed by atoms with Gasteiger partial charge in [-0.3, -0.25) is 4.90 Å². The first kappa shape index (κ1) is 13.9. The van der Waals surface area contributed by atoms with Gasteiger partial charge >= 0.3 is 0 Å². The number of para-hydroxylation sites is 1. The SMILES string of the molecule is C=C(O)C1CCN(CCOc2ccccc2F)CC1. The standard InChI is InChI=1S/C15H20FNO2/c1-12(18)13-6-8-17(9-7-13)10-11-19-15-5-3-2-4-14(15)16/h2-5,13,18H,1,6-11H2. The van der Waals surface area contributed by atoms with Crippen LogP contribution in [0.2, 0.25) is 0 Å². The zero-order chi connectivity index (χ0) is 13.7. The number of rotatable bonds is 5. The van der Waals surface area contributed by atoms with Crippen molar-refractivity contribution in [2.45, 2.75) is 12.8 Å². The van der Waals surface area contributed by atoms with Crippen molar-refractivity contribution in [3.8, 4) is 5.75 Å². The number of piperidine rings is 1. The van der Waals surface area contributed by atoms with Crippen molar-refractivity contribution in [1.82, 2.24) is 4.90 Å². The minimum Gasteiger partial charge on any atom is -0.513 e. The van der Waals surface area contributed by atoms with Gasteiger partial charge in [0.15, 0.2) is 11.6 Å². The minimum atomic E-state index is -0.321. The van der Waals surface area contributed by atoms with E-state index in [1.807, 2.05) is 0 Å². The summed E-state index contributed by atoms with van der Waals surface area (Å²) in [5.41, 5.74) is 0. The van der Waals surface area contributed by atoms with E-state index >= 15 is 0 Å². The van der Waals surface area contributed by atoms with Gasteiger partial charge in [-0.25, -0.2) is 4.39 Å². The molecule has 0 aliphatic carbocycles. The van der Waals surface area contributed by atoms with Crippen LogP contribution in [0.3, 0.4) is 0 Å². The summed E-state index contributed by atoms with van der Waals surface area (Å²) in [6.07, 6.45) is 1.85. The Morgan fingerprint density at radius 3 is 2.68 bits per heavy atom. The number of aliphatic hydroxyl groups is 1. The Hall–Kier alpha value is -1.55. The smallest absolute Gasteiger partial charge is 0.165 e. The highest BCUT2D eigenvalue weighted by atomic mass is 19.1.